The third-order valence-corrected chi connectivity index (χ3v) is 2.70. The lowest BCUT2D eigenvalue weighted by atomic mass is 10.2. The van der Waals surface area contributed by atoms with Crippen molar-refractivity contribution in [3.63, 3.8) is 0 Å². The lowest BCUT2D eigenvalue weighted by molar-refractivity contribution is 0.0596. The van der Waals surface area contributed by atoms with Crippen LogP contribution < -0.4 is 0 Å². The maximum atomic E-state index is 11.3. The van der Waals surface area contributed by atoms with E-state index < -0.39 is 5.97 Å². The zero-order valence-corrected chi connectivity index (χ0v) is 9.19. The standard InChI is InChI=1S/C9H6Cl2N2O2/c1-15-9(14)8-4-2-5(10)6(11)3-7(4)12-13-8/h2-3H,1H3,(H,12,13). The second kappa shape index (κ2) is 3.72. The van der Waals surface area contributed by atoms with Gasteiger partial charge in [-0.2, -0.15) is 5.10 Å². The van der Waals surface area contributed by atoms with E-state index in [1.807, 2.05) is 0 Å². The van der Waals surface area contributed by atoms with Gasteiger partial charge < -0.3 is 4.74 Å². The Balaban J connectivity index is 2.69. The summed E-state index contributed by atoms with van der Waals surface area (Å²) < 4.78 is 4.58. The normalized spacial score (nSPS) is 10.6. The lowest BCUT2D eigenvalue weighted by Crippen LogP contribution is -2.01. The number of hydrogen-bond acceptors (Lipinski definition) is 3. The molecule has 0 atom stereocenters. The Labute approximate surface area is 95.1 Å². The van der Waals surface area contributed by atoms with Crippen LogP contribution in [0.4, 0.5) is 0 Å². The third kappa shape index (κ3) is 1.66. The minimum absolute atomic E-state index is 0.200. The predicted octanol–water partition coefficient (Wildman–Crippen LogP) is 2.66. The molecule has 0 radical (unpaired) electrons. The highest BCUT2D eigenvalue weighted by Crippen LogP contribution is 2.28. The smallest absolute Gasteiger partial charge is 0.359 e. The van der Waals surface area contributed by atoms with Crippen molar-refractivity contribution >= 4 is 40.1 Å². The lowest BCUT2D eigenvalue weighted by Gasteiger charge is -1.97. The molecule has 6 heteroatoms. The predicted molar refractivity (Wildman–Crippen MR) is 57.5 cm³/mol. The van der Waals surface area contributed by atoms with Crippen molar-refractivity contribution in [1.82, 2.24) is 10.2 Å². The first kappa shape index (κ1) is 10.3. The maximum Gasteiger partial charge on any atom is 0.359 e. The average molecular weight is 245 g/mol. The molecule has 0 fully saturated rings. The van der Waals surface area contributed by atoms with E-state index in [0.717, 1.165) is 0 Å². The number of rotatable bonds is 1. The Morgan fingerprint density at radius 3 is 2.73 bits per heavy atom. The molecule has 1 heterocycles. The Kier molecular flexibility index (Phi) is 2.54. The van der Waals surface area contributed by atoms with Gasteiger partial charge in [-0.25, -0.2) is 4.79 Å². The SMILES string of the molecule is COC(=O)c1n[nH]c2cc(Cl)c(Cl)cc12. The van der Waals surface area contributed by atoms with Gasteiger partial charge in [0.2, 0.25) is 0 Å². The van der Waals surface area contributed by atoms with Crippen LogP contribution >= 0.6 is 23.2 Å². The summed E-state index contributed by atoms with van der Waals surface area (Å²) in [6, 6.07) is 3.19. The molecular formula is C9H6Cl2N2O2. The summed E-state index contributed by atoms with van der Waals surface area (Å²) in [5.41, 5.74) is 0.843. The summed E-state index contributed by atoms with van der Waals surface area (Å²) in [4.78, 5) is 11.3. The largest absolute Gasteiger partial charge is 0.464 e. The van der Waals surface area contributed by atoms with E-state index in [1.54, 1.807) is 12.1 Å². The Bertz CT molecular complexity index is 536. The van der Waals surface area contributed by atoms with E-state index in [0.29, 0.717) is 20.9 Å². The van der Waals surface area contributed by atoms with Gasteiger partial charge in [-0.1, -0.05) is 23.2 Å². The van der Waals surface area contributed by atoms with E-state index in [1.165, 1.54) is 7.11 Å². The van der Waals surface area contributed by atoms with Crippen molar-refractivity contribution in [2.24, 2.45) is 0 Å². The number of esters is 1. The maximum absolute atomic E-state index is 11.3. The highest BCUT2D eigenvalue weighted by Gasteiger charge is 2.15. The van der Waals surface area contributed by atoms with Crippen LogP contribution in [-0.4, -0.2) is 23.3 Å². The number of nitrogens with one attached hydrogen (secondary N) is 1. The van der Waals surface area contributed by atoms with Crippen LogP contribution in [0, 0.1) is 0 Å². The van der Waals surface area contributed by atoms with Crippen LogP contribution in [0.25, 0.3) is 10.9 Å². The van der Waals surface area contributed by atoms with E-state index in [-0.39, 0.29) is 5.69 Å². The number of H-pyrrole nitrogens is 1. The quantitative estimate of drug-likeness (QED) is 0.785. The number of ether oxygens (including phenoxy) is 1. The van der Waals surface area contributed by atoms with Crippen molar-refractivity contribution in [2.45, 2.75) is 0 Å². The number of fused-ring (bicyclic) bond motifs is 1. The second-order valence-corrected chi connectivity index (χ2v) is 3.69. The number of halogens is 2. The van der Waals surface area contributed by atoms with Gasteiger partial charge in [-0.15, -0.1) is 0 Å². The zero-order valence-electron chi connectivity index (χ0n) is 7.67. The molecule has 78 valence electrons. The van der Waals surface area contributed by atoms with Crippen molar-refractivity contribution in [3.05, 3.63) is 27.9 Å². The molecule has 0 amide bonds. The Morgan fingerprint density at radius 1 is 1.40 bits per heavy atom. The molecule has 1 aromatic carbocycles. The van der Waals surface area contributed by atoms with Crippen molar-refractivity contribution in [3.8, 4) is 0 Å². The fraction of sp³-hybridized carbons (Fsp3) is 0.111. The molecule has 15 heavy (non-hydrogen) atoms. The fourth-order valence-electron chi connectivity index (χ4n) is 1.26. The second-order valence-electron chi connectivity index (χ2n) is 2.88. The number of carbonyl (C=O) groups excluding carboxylic acids is 1. The Morgan fingerprint density at radius 2 is 2.07 bits per heavy atom. The van der Waals surface area contributed by atoms with Crippen molar-refractivity contribution in [2.75, 3.05) is 7.11 Å². The van der Waals surface area contributed by atoms with E-state index >= 15 is 0 Å². The summed E-state index contributed by atoms with van der Waals surface area (Å²) >= 11 is 11.7. The van der Waals surface area contributed by atoms with Gasteiger partial charge in [-0.3, -0.25) is 5.10 Å². The summed E-state index contributed by atoms with van der Waals surface area (Å²) in [6.45, 7) is 0. The van der Waals surface area contributed by atoms with E-state index in [4.69, 9.17) is 23.2 Å². The minimum Gasteiger partial charge on any atom is -0.464 e. The minimum atomic E-state index is -0.514. The summed E-state index contributed by atoms with van der Waals surface area (Å²) in [5, 5.41) is 7.88. The topological polar surface area (TPSA) is 55.0 Å². The number of benzene rings is 1. The monoisotopic (exact) mass is 244 g/mol. The van der Waals surface area contributed by atoms with Gasteiger partial charge in [0.1, 0.15) is 0 Å². The zero-order chi connectivity index (χ0) is 11.0. The number of methoxy groups -OCH3 is 1. The molecule has 1 aromatic heterocycles. The Hall–Kier alpha value is -1.26. The molecule has 0 saturated heterocycles. The fourth-order valence-corrected chi connectivity index (χ4v) is 1.59. The van der Waals surface area contributed by atoms with E-state index in [2.05, 4.69) is 14.9 Å². The number of aromatic nitrogens is 2. The van der Waals surface area contributed by atoms with Gasteiger partial charge >= 0.3 is 5.97 Å². The molecule has 4 nitrogen and oxygen atoms in total. The van der Waals surface area contributed by atoms with Crippen molar-refractivity contribution < 1.29 is 9.53 Å². The summed E-state index contributed by atoms with van der Waals surface area (Å²) in [5.74, 6) is -0.514. The molecule has 2 rings (SSSR count). The molecular weight excluding hydrogens is 239 g/mol. The van der Waals surface area contributed by atoms with Crippen LogP contribution in [0.1, 0.15) is 10.5 Å². The molecule has 0 bridgehead atoms. The first-order valence-electron chi connectivity index (χ1n) is 4.05. The third-order valence-electron chi connectivity index (χ3n) is 1.98. The molecule has 0 spiro atoms. The highest BCUT2D eigenvalue weighted by molar-refractivity contribution is 6.42. The van der Waals surface area contributed by atoms with E-state index in [9.17, 15) is 4.79 Å². The van der Waals surface area contributed by atoms with Crippen LogP contribution in [0.5, 0.6) is 0 Å². The number of nitrogens with zero attached hydrogens (tertiary/aromatic N) is 1. The number of aromatic amines is 1. The summed E-state index contributed by atoms with van der Waals surface area (Å²) in [7, 11) is 1.29. The average Bonchev–Trinajstić information content (AvgIpc) is 2.61. The van der Waals surface area contributed by atoms with Gasteiger partial charge in [0.15, 0.2) is 5.69 Å². The van der Waals surface area contributed by atoms with Gasteiger partial charge in [0.25, 0.3) is 0 Å². The molecule has 0 aliphatic heterocycles. The van der Waals surface area contributed by atoms with Gasteiger partial charge in [-0.05, 0) is 12.1 Å². The molecule has 0 aliphatic rings. The van der Waals surface area contributed by atoms with Gasteiger partial charge in [0.05, 0.1) is 22.7 Å². The molecule has 2 aromatic rings. The molecule has 0 unspecified atom stereocenters. The van der Waals surface area contributed by atoms with Crippen LogP contribution in [0.2, 0.25) is 10.0 Å². The van der Waals surface area contributed by atoms with Crippen LogP contribution in [0.15, 0.2) is 12.1 Å². The van der Waals surface area contributed by atoms with Crippen LogP contribution in [-0.2, 0) is 4.74 Å². The molecule has 0 saturated carbocycles. The van der Waals surface area contributed by atoms with Crippen molar-refractivity contribution in [1.29, 1.82) is 0 Å². The highest BCUT2D eigenvalue weighted by atomic mass is 35.5. The first-order valence-corrected chi connectivity index (χ1v) is 4.80. The first-order chi connectivity index (χ1) is 7.13. The van der Waals surface area contributed by atoms with Crippen LogP contribution in [0.3, 0.4) is 0 Å². The molecule has 1 N–H and O–H groups in total. The number of carbonyl (C=O) groups is 1. The summed E-state index contributed by atoms with van der Waals surface area (Å²) in [6.07, 6.45) is 0. The molecule has 0 aliphatic carbocycles. The number of hydrogen-bond donors (Lipinski definition) is 1. The van der Waals surface area contributed by atoms with Gasteiger partial charge in [0, 0.05) is 5.39 Å².